The second kappa shape index (κ2) is 6.95. The maximum absolute atomic E-state index is 12.2. The minimum Gasteiger partial charge on any atom is -0.343 e. The zero-order valence-corrected chi connectivity index (χ0v) is 13.8. The van der Waals surface area contributed by atoms with Crippen molar-refractivity contribution < 1.29 is 4.79 Å². The summed E-state index contributed by atoms with van der Waals surface area (Å²) in [6.45, 7) is 4.83. The fourth-order valence-electron chi connectivity index (χ4n) is 1.81. The van der Waals surface area contributed by atoms with Gasteiger partial charge in [0.1, 0.15) is 5.69 Å². The molecule has 106 valence electrons. The Morgan fingerprint density at radius 1 is 1.45 bits per heavy atom. The Morgan fingerprint density at radius 2 is 2.25 bits per heavy atom. The maximum Gasteiger partial charge on any atom is 0.272 e. The molecule has 1 N–H and O–H groups in total. The van der Waals surface area contributed by atoms with Gasteiger partial charge >= 0.3 is 0 Å². The van der Waals surface area contributed by atoms with Gasteiger partial charge in [0.25, 0.3) is 5.91 Å². The van der Waals surface area contributed by atoms with E-state index in [-0.39, 0.29) is 5.91 Å². The van der Waals surface area contributed by atoms with Crippen LogP contribution >= 0.6 is 27.7 Å². The molecule has 2 aromatic rings. The summed E-state index contributed by atoms with van der Waals surface area (Å²) in [4.78, 5) is 16.5. The fraction of sp³-hybridized carbons (Fsp3) is 0.286. The van der Waals surface area contributed by atoms with Crippen LogP contribution in [-0.4, -0.2) is 21.2 Å². The first-order valence-corrected chi connectivity index (χ1v) is 8.17. The van der Waals surface area contributed by atoms with Crippen molar-refractivity contribution in [1.29, 1.82) is 0 Å². The van der Waals surface area contributed by atoms with Gasteiger partial charge in [-0.2, -0.15) is 0 Å². The molecule has 2 rings (SSSR count). The summed E-state index contributed by atoms with van der Waals surface area (Å²) < 4.78 is 2.80. The number of hydrogen-bond donors (Lipinski definition) is 1. The van der Waals surface area contributed by atoms with E-state index in [0.29, 0.717) is 11.4 Å². The van der Waals surface area contributed by atoms with E-state index in [9.17, 15) is 4.79 Å². The van der Waals surface area contributed by atoms with Gasteiger partial charge in [-0.25, -0.2) is 4.98 Å². The molecule has 20 heavy (non-hydrogen) atoms. The lowest BCUT2D eigenvalue weighted by molar-refractivity contribution is 0.101. The molecule has 0 saturated carbocycles. The molecule has 1 amide bonds. The van der Waals surface area contributed by atoms with Crippen LogP contribution in [0.25, 0.3) is 0 Å². The van der Waals surface area contributed by atoms with Gasteiger partial charge in [-0.3, -0.25) is 4.79 Å². The van der Waals surface area contributed by atoms with Crippen molar-refractivity contribution >= 4 is 39.3 Å². The van der Waals surface area contributed by atoms with Crippen LogP contribution in [-0.2, 0) is 6.54 Å². The minimum absolute atomic E-state index is 0.129. The van der Waals surface area contributed by atoms with E-state index in [1.54, 1.807) is 18.0 Å². The predicted octanol–water partition coefficient (Wildman–Crippen LogP) is 4.03. The van der Waals surface area contributed by atoms with E-state index < -0.39 is 0 Å². The zero-order chi connectivity index (χ0) is 14.5. The van der Waals surface area contributed by atoms with Gasteiger partial charge in [0.05, 0.1) is 16.9 Å². The number of thioether (sulfide) groups is 1. The normalized spacial score (nSPS) is 10.6. The summed E-state index contributed by atoms with van der Waals surface area (Å²) in [5, 5.41) is 3.83. The third kappa shape index (κ3) is 3.64. The first kappa shape index (κ1) is 15.1. The summed E-state index contributed by atoms with van der Waals surface area (Å²) >= 11 is 5.06. The number of carbonyl (C=O) groups is 1. The second-order valence-electron chi connectivity index (χ2n) is 4.10. The van der Waals surface area contributed by atoms with Crippen LogP contribution in [0.4, 0.5) is 5.69 Å². The number of hydrogen-bond acceptors (Lipinski definition) is 3. The van der Waals surface area contributed by atoms with Gasteiger partial charge in [0.2, 0.25) is 0 Å². The van der Waals surface area contributed by atoms with E-state index >= 15 is 0 Å². The predicted molar refractivity (Wildman–Crippen MR) is 86.4 cm³/mol. The number of pyridine rings is 1. The molecule has 0 fully saturated rings. The number of rotatable bonds is 5. The second-order valence-corrected chi connectivity index (χ2v) is 6.30. The van der Waals surface area contributed by atoms with Crippen LogP contribution < -0.4 is 5.32 Å². The van der Waals surface area contributed by atoms with Gasteiger partial charge in [-0.1, -0.05) is 6.92 Å². The van der Waals surface area contributed by atoms with Crippen LogP contribution in [0.1, 0.15) is 24.3 Å². The number of halogens is 1. The number of anilines is 1. The van der Waals surface area contributed by atoms with Gasteiger partial charge in [0.15, 0.2) is 0 Å². The van der Waals surface area contributed by atoms with Crippen LogP contribution in [0.3, 0.4) is 0 Å². The Morgan fingerprint density at radius 3 is 2.85 bits per heavy atom. The first-order valence-electron chi connectivity index (χ1n) is 6.40. The molecule has 0 aliphatic rings. The summed E-state index contributed by atoms with van der Waals surface area (Å²) in [5.41, 5.74) is 1.34. The van der Waals surface area contributed by atoms with E-state index in [1.807, 2.05) is 35.9 Å². The Balaban J connectivity index is 2.10. The van der Waals surface area contributed by atoms with Gasteiger partial charge in [-0.05, 0) is 46.8 Å². The topological polar surface area (TPSA) is 46.9 Å². The SMILES string of the molecule is CCSc1ccc(NC(=O)c2cc(Br)cn2CC)cn1. The molecule has 0 aromatic carbocycles. The van der Waals surface area contributed by atoms with E-state index in [2.05, 4.69) is 33.2 Å². The van der Waals surface area contributed by atoms with Crippen molar-refractivity contribution in [3.05, 3.63) is 40.8 Å². The monoisotopic (exact) mass is 353 g/mol. The highest BCUT2D eigenvalue weighted by Crippen LogP contribution is 2.19. The first-order chi connectivity index (χ1) is 9.63. The molecule has 0 radical (unpaired) electrons. The Hall–Kier alpha value is -1.27. The number of aryl methyl sites for hydroxylation is 1. The molecule has 0 saturated heterocycles. The van der Waals surface area contributed by atoms with Crippen molar-refractivity contribution in [3.8, 4) is 0 Å². The largest absolute Gasteiger partial charge is 0.343 e. The lowest BCUT2D eigenvalue weighted by Gasteiger charge is -2.07. The summed E-state index contributed by atoms with van der Waals surface area (Å²) in [6.07, 6.45) is 3.58. The van der Waals surface area contributed by atoms with Crippen LogP contribution in [0.15, 0.2) is 40.1 Å². The molecular formula is C14H16BrN3OS. The lowest BCUT2D eigenvalue weighted by atomic mass is 10.3. The molecule has 2 heterocycles. The highest BCUT2D eigenvalue weighted by Gasteiger charge is 2.12. The van der Waals surface area contributed by atoms with Crippen LogP contribution in [0, 0.1) is 0 Å². The number of carbonyl (C=O) groups excluding carboxylic acids is 1. The van der Waals surface area contributed by atoms with Gasteiger partial charge in [0, 0.05) is 17.2 Å². The molecule has 6 heteroatoms. The Labute approximate surface area is 131 Å². The fourth-order valence-corrected chi connectivity index (χ4v) is 2.86. The smallest absolute Gasteiger partial charge is 0.272 e. The highest BCUT2D eigenvalue weighted by molar-refractivity contribution is 9.10. The molecule has 0 aliphatic heterocycles. The Bertz CT molecular complexity index is 595. The number of nitrogens with one attached hydrogen (secondary N) is 1. The lowest BCUT2D eigenvalue weighted by Crippen LogP contribution is -2.16. The number of aromatic nitrogens is 2. The van der Waals surface area contributed by atoms with Gasteiger partial charge < -0.3 is 9.88 Å². The molecule has 0 aliphatic carbocycles. The standard InChI is InChI=1S/C14H16BrN3OS/c1-3-18-9-10(15)7-12(18)14(19)17-11-5-6-13(16-8-11)20-4-2/h5-9H,3-4H2,1-2H3,(H,17,19). The summed E-state index contributed by atoms with van der Waals surface area (Å²) in [6, 6.07) is 5.60. The van der Waals surface area contributed by atoms with Crippen molar-refractivity contribution in [3.63, 3.8) is 0 Å². The Kier molecular flexibility index (Phi) is 5.25. The summed E-state index contributed by atoms with van der Waals surface area (Å²) in [5.74, 6) is 0.853. The molecule has 0 spiro atoms. The van der Waals surface area contributed by atoms with Crippen LogP contribution in [0.5, 0.6) is 0 Å². The van der Waals surface area contributed by atoms with E-state index in [4.69, 9.17) is 0 Å². The maximum atomic E-state index is 12.2. The highest BCUT2D eigenvalue weighted by atomic mass is 79.9. The molecule has 0 bridgehead atoms. The van der Waals surface area contributed by atoms with Crippen molar-refractivity contribution in [2.45, 2.75) is 25.4 Å². The average Bonchev–Trinajstić information content (AvgIpc) is 2.82. The minimum atomic E-state index is -0.129. The van der Waals surface area contributed by atoms with Gasteiger partial charge in [-0.15, -0.1) is 11.8 Å². The van der Waals surface area contributed by atoms with Crippen molar-refractivity contribution in [2.24, 2.45) is 0 Å². The third-order valence-corrected chi connectivity index (χ3v) is 3.98. The molecule has 4 nitrogen and oxygen atoms in total. The molecule has 0 unspecified atom stereocenters. The third-order valence-electron chi connectivity index (χ3n) is 2.72. The van der Waals surface area contributed by atoms with Crippen molar-refractivity contribution in [2.75, 3.05) is 11.1 Å². The van der Waals surface area contributed by atoms with Crippen molar-refractivity contribution in [1.82, 2.24) is 9.55 Å². The number of amides is 1. The van der Waals surface area contributed by atoms with E-state index in [1.165, 1.54) is 0 Å². The molecular weight excluding hydrogens is 338 g/mol. The number of nitrogens with zero attached hydrogens (tertiary/aromatic N) is 2. The zero-order valence-electron chi connectivity index (χ0n) is 11.4. The quantitative estimate of drug-likeness (QED) is 0.825. The average molecular weight is 354 g/mol. The molecule has 2 aromatic heterocycles. The summed E-state index contributed by atoms with van der Waals surface area (Å²) in [7, 11) is 0. The van der Waals surface area contributed by atoms with Crippen LogP contribution in [0.2, 0.25) is 0 Å². The van der Waals surface area contributed by atoms with E-state index in [0.717, 1.165) is 21.8 Å². The molecule has 0 atom stereocenters.